The second kappa shape index (κ2) is 8.61. The summed E-state index contributed by atoms with van der Waals surface area (Å²) in [4.78, 5) is 12.5. The van der Waals surface area contributed by atoms with E-state index in [1.54, 1.807) is 18.2 Å². The van der Waals surface area contributed by atoms with Crippen molar-refractivity contribution in [3.8, 4) is 11.8 Å². The highest BCUT2D eigenvalue weighted by Gasteiger charge is 2.22. The molecule has 0 radical (unpaired) electrons. The molecule has 0 amide bonds. The molecule has 1 aliphatic rings. The van der Waals surface area contributed by atoms with Crippen LogP contribution in [-0.4, -0.2) is 24.6 Å². The van der Waals surface area contributed by atoms with Crippen LogP contribution in [0.4, 0.5) is 0 Å². The third-order valence-corrected chi connectivity index (χ3v) is 4.37. The van der Waals surface area contributed by atoms with Gasteiger partial charge in [0.2, 0.25) is 5.90 Å². The fourth-order valence-electron chi connectivity index (χ4n) is 3.15. The molecule has 148 valence electrons. The summed E-state index contributed by atoms with van der Waals surface area (Å²) >= 11 is 0. The quantitative estimate of drug-likeness (QED) is 0.446. The van der Waals surface area contributed by atoms with Gasteiger partial charge in [-0.25, -0.2) is 4.79 Å². The number of carbonyl (C=O) groups excluding carboxylic acids is 1. The summed E-state index contributed by atoms with van der Waals surface area (Å²) in [5, 5.41) is 17.6. The predicted molar refractivity (Wildman–Crippen MR) is 109 cm³/mol. The van der Waals surface area contributed by atoms with Crippen molar-refractivity contribution in [1.29, 1.82) is 10.7 Å². The van der Waals surface area contributed by atoms with Gasteiger partial charge in [-0.2, -0.15) is 5.26 Å². The molecule has 0 saturated carbocycles. The number of rotatable bonds is 6. The van der Waals surface area contributed by atoms with Crippen LogP contribution in [0.1, 0.15) is 53.4 Å². The number of nitrogens with one attached hydrogen (secondary N) is 1. The summed E-state index contributed by atoms with van der Waals surface area (Å²) in [6.45, 7) is 6.18. The number of esters is 1. The first-order chi connectivity index (χ1) is 13.9. The van der Waals surface area contributed by atoms with Crippen LogP contribution in [-0.2, 0) is 15.9 Å². The van der Waals surface area contributed by atoms with E-state index in [2.05, 4.69) is 0 Å². The molecule has 6 heteroatoms. The topological polar surface area (TPSA) is 92.4 Å². The van der Waals surface area contributed by atoms with Crippen LogP contribution in [0.25, 0.3) is 5.76 Å². The highest BCUT2D eigenvalue weighted by molar-refractivity contribution is 6.05. The second-order valence-corrected chi connectivity index (χ2v) is 6.75. The third kappa shape index (κ3) is 4.30. The average molecular weight is 390 g/mol. The summed E-state index contributed by atoms with van der Waals surface area (Å²) in [5.41, 5.74) is 2.77. The van der Waals surface area contributed by atoms with Gasteiger partial charge in [0.05, 0.1) is 23.8 Å². The van der Waals surface area contributed by atoms with Gasteiger partial charge in [0.1, 0.15) is 17.6 Å². The molecule has 2 aromatic carbocycles. The van der Waals surface area contributed by atoms with Crippen LogP contribution in [0.15, 0.2) is 42.5 Å². The molecule has 0 spiro atoms. The standard InChI is InChI=1S/C23H22N2O4/c1-4-27-21-11-9-17-18(21)6-5-7-19(17)22(25)29-23(26)15-8-10-20(28-14(2)3)16(12-15)13-24/h5-8,10-12,14,25H,4,9H2,1-3H3. The van der Waals surface area contributed by atoms with E-state index in [1.807, 2.05) is 39.0 Å². The van der Waals surface area contributed by atoms with Gasteiger partial charge in [-0.05, 0) is 63.1 Å². The number of hydrogen-bond donors (Lipinski definition) is 1. The van der Waals surface area contributed by atoms with E-state index in [1.165, 1.54) is 12.1 Å². The minimum atomic E-state index is -0.698. The molecular formula is C23H22N2O4. The van der Waals surface area contributed by atoms with E-state index in [-0.39, 0.29) is 23.1 Å². The highest BCUT2D eigenvalue weighted by Crippen LogP contribution is 2.31. The van der Waals surface area contributed by atoms with Crippen LogP contribution in [0.5, 0.6) is 5.75 Å². The van der Waals surface area contributed by atoms with Gasteiger partial charge >= 0.3 is 5.97 Å². The van der Waals surface area contributed by atoms with Crippen LogP contribution >= 0.6 is 0 Å². The lowest BCUT2D eigenvalue weighted by molar-refractivity contribution is 0.0716. The number of ether oxygens (including phenoxy) is 3. The molecule has 0 atom stereocenters. The van der Waals surface area contributed by atoms with E-state index in [9.17, 15) is 10.1 Å². The lowest BCUT2D eigenvalue weighted by Crippen LogP contribution is -2.15. The molecule has 1 aliphatic carbocycles. The first-order valence-corrected chi connectivity index (χ1v) is 9.41. The van der Waals surface area contributed by atoms with Crippen molar-refractivity contribution in [2.75, 3.05) is 6.61 Å². The van der Waals surface area contributed by atoms with Crippen molar-refractivity contribution >= 4 is 17.6 Å². The second-order valence-electron chi connectivity index (χ2n) is 6.75. The van der Waals surface area contributed by atoms with E-state index in [0.29, 0.717) is 24.3 Å². The summed E-state index contributed by atoms with van der Waals surface area (Å²) in [7, 11) is 0. The molecule has 0 heterocycles. The number of hydrogen-bond acceptors (Lipinski definition) is 6. The molecule has 0 aromatic heterocycles. The Labute approximate surface area is 169 Å². The average Bonchev–Trinajstić information content (AvgIpc) is 3.11. The Hall–Kier alpha value is -3.59. The lowest BCUT2D eigenvalue weighted by atomic mass is 10.0. The Balaban J connectivity index is 1.79. The van der Waals surface area contributed by atoms with Crippen LogP contribution < -0.4 is 4.74 Å². The van der Waals surface area contributed by atoms with Crippen molar-refractivity contribution in [3.63, 3.8) is 0 Å². The van der Waals surface area contributed by atoms with Gasteiger partial charge in [0, 0.05) is 11.1 Å². The van der Waals surface area contributed by atoms with Crippen molar-refractivity contribution in [2.24, 2.45) is 0 Å². The van der Waals surface area contributed by atoms with Crippen LogP contribution in [0.3, 0.4) is 0 Å². The van der Waals surface area contributed by atoms with Crippen LogP contribution in [0, 0.1) is 16.7 Å². The molecule has 29 heavy (non-hydrogen) atoms. The van der Waals surface area contributed by atoms with Gasteiger partial charge in [-0.1, -0.05) is 12.1 Å². The minimum absolute atomic E-state index is 0.0940. The number of nitrogens with zero attached hydrogens (tertiary/aromatic N) is 1. The Kier molecular flexibility index (Phi) is 5.99. The molecule has 0 bridgehead atoms. The summed E-state index contributed by atoms with van der Waals surface area (Å²) in [6.07, 6.45) is 2.48. The zero-order valence-electron chi connectivity index (χ0n) is 16.6. The predicted octanol–water partition coefficient (Wildman–Crippen LogP) is 4.46. The van der Waals surface area contributed by atoms with E-state index in [4.69, 9.17) is 19.6 Å². The van der Waals surface area contributed by atoms with Gasteiger partial charge in [-0.15, -0.1) is 0 Å². The van der Waals surface area contributed by atoms with E-state index in [0.717, 1.165) is 16.9 Å². The molecular weight excluding hydrogens is 368 g/mol. The van der Waals surface area contributed by atoms with Crippen molar-refractivity contribution < 1.29 is 19.0 Å². The first kappa shape index (κ1) is 20.2. The minimum Gasteiger partial charge on any atom is -0.494 e. The maximum atomic E-state index is 12.5. The molecule has 3 rings (SSSR count). The normalized spacial score (nSPS) is 12.0. The van der Waals surface area contributed by atoms with Gasteiger partial charge in [-0.3, -0.25) is 5.41 Å². The van der Waals surface area contributed by atoms with Gasteiger partial charge in [0.25, 0.3) is 0 Å². The number of carbonyl (C=O) groups is 1. The maximum Gasteiger partial charge on any atom is 0.344 e. The summed E-state index contributed by atoms with van der Waals surface area (Å²) in [6, 6.07) is 12.0. The first-order valence-electron chi connectivity index (χ1n) is 9.41. The van der Waals surface area contributed by atoms with E-state index >= 15 is 0 Å². The number of allylic oxidation sites excluding steroid dienone is 1. The summed E-state index contributed by atoms with van der Waals surface area (Å²) in [5.74, 6) is 0.252. The SMILES string of the molecule is CCOC1=CCc2c(C(=N)OC(=O)c3ccc(OC(C)C)c(C#N)c3)cccc21. The Morgan fingerprint density at radius 3 is 2.76 bits per heavy atom. The van der Waals surface area contributed by atoms with Crippen molar-refractivity contribution in [1.82, 2.24) is 0 Å². The molecule has 6 nitrogen and oxygen atoms in total. The molecule has 0 saturated heterocycles. The highest BCUT2D eigenvalue weighted by atomic mass is 16.5. The Morgan fingerprint density at radius 2 is 2.07 bits per heavy atom. The number of nitriles is 1. The van der Waals surface area contributed by atoms with Crippen LogP contribution in [0.2, 0.25) is 0 Å². The molecule has 0 fully saturated rings. The lowest BCUT2D eigenvalue weighted by Gasteiger charge is -2.13. The largest absolute Gasteiger partial charge is 0.494 e. The Bertz CT molecular complexity index is 1030. The zero-order valence-corrected chi connectivity index (χ0v) is 16.6. The molecule has 0 aliphatic heterocycles. The fraction of sp³-hybridized carbons (Fsp3) is 0.261. The van der Waals surface area contributed by atoms with E-state index < -0.39 is 5.97 Å². The third-order valence-electron chi connectivity index (χ3n) is 4.37. The number of fused-ring (bicyclic) bond motifs is 1. The molecule has 0 unspecified atom stereocenters. The Morgan fingerprint density at radius 1 is 1.28 bits per heavy atom. The smallest absolute Gasteiger partial charge is 0.344 e. The summed E-state index contributed by atoms with van der Waals surface area (Å²) < 4.78 is 16.5. The van der Waals surface area contributed by atoms with Gasteiger partial charge < -0.3 is 14.2 Å². The van der Waals surface area contributed by atoms with Crippen molar-refractivity contribution in [3.05, 3.63) is 70.3 Å². The fourth-order valence-corrected chi connectivity index (χ4v) is 3.15. The zero-order chi connectivity index (χ0) is 21.0. The molecule has 1 N–H and O–H groups in total. The molecule has 2 aromatic rings. The number of benzene rings is 2. The van der Waals surface area contributed by atoms with Crippen molar-refractivity contribution in [2.45, 2.75) is 33.3 Å². The van der Waals surface area contributed by atoms with Gasteiger partial charge in [0.15, 0.2) is 0 Å². The monoisotopic (exact) mass is 390 g/mol. The maximum absolute atomic E-state index is 12.5.